The molecule has 0 saturated carbocycles. The van der Waals surface area contributed by atoms with Crippen LogP contribution in [0.1, 0.15) is 52.4 Å². The summed E-state index contributed by atoms with van der Waals surface area (Å²) in [5.41, 5.74) is 0. The summed E-state index contributed by atoms with van der Waals surface area (Å²) in [6.45, 7) is 7.75. The molecule has 1 unspecified atom stereocenters. The van der Waals surface area contributed by atoms with Crippen molar-refractivity contribution in [3.63, 3.8) is 0 Å². The zero-order chi connectivity index (χ0) is 13.2. The Morgan fingerprint density at radius 1 is 1.28 bits per heavy atom. The van der Waals surface area contributed by atoms with Crippen molar-refractivity contribution in [2.24, 2.45) is 0 Å². The average molecular weight is 257 g/mol. The number of nitrogens with zero attached hydrogens (tertiary/aromatic N) is 1. The van der Waals surface area contributed by atoms with Gasteiger partial charge in [-0.05, 0) is 12.8 Å². The average Bonchev–Trinajstić information content (AvgIpc) is 2.38. The van der Waals surface area contributed by atoms with Crippen LogP contribution in [0, 0.1) is 0 Å². The van der Waals surface area contributed by atoms with Crippen molar-refractivity contribution in [3.8, 4) is 0 Å². The highest BCUT2D eigenvalue weighted by Gasteiger charge is 2.21. The molecule has 1 rings (SSSR count). The number of cyclic esters (lactones) is 1. The van der Waals surface area contributed by atoms with Crippen LogP contribution >= 0.6 is 0 Å². The Hall–Kier alpha value is -0.610. The predicted octanol–water partition coefficient (Wildman–Crippen LogP) is 2.57. The second-order valence-corrected chi connectivity index (χ2v) is 4.96. The number of hydrogen-bond acceptors (Lipinski definition) is 4. The van der Waals surface area contributed by atoms with Gasteiger partial charge < -0.3 is 9.47 Å². The third-order valence-corrected chi connectivity index (χ3v) is 3.25. The van der Waals surface area contributed by atoms with Crippen molar-refractivity contribution in [1.29, 1.82) is 0 Å². The molecule has 0 aromatic heterocycles. The Labute approximate surface area is 111 Å². The maximum Gasteiger partial charge on any atom is 0.308 e. The van der Waals surface area contributed by atoms with E-state index in [9.17, 15) is 4.79 Å². The quantitative estimate of drug-likeness (QED) is 0.470. The molecule has 4 nitrogen and oxygen atoms in total. The summed E-state index contributed by atoms with van der Waals surface area (Å²) in [7, 11) is 0. The van der Waals surface area contributed by atoms with Crippen LogP contribution in [0.2, 0.25) is 0 Å². The summed E-state index contributed by atoms with van der Waals surface area (Å²) in [5.74, 6) is -0.125. The summed E-state index contributed by atoms with van der Waals surface area (Å²) in [4.78, 5) is 13.5. The molecule has 0 spiro atoms. The van der Waals surface area contributed by atoms with Crippen molar-refractivity contribution in [3.05, 3.63) is 0 Å². The normalized spacial score (nSPS) is 20.2. The van der Waals surface area contributed by atoms with E-state index >= 15 is 0 Å². The standard InChI is InChI=1S/C14H27NO3/c1-3-5-8-15(9-6-4-2)12-18-13-7-10-17-14(16)11-13/h13H,3-12H2,1-2H3. The van der Waals surface area contributed by atoms with E-state index in [0.717, 1.165) is 19.5 Å². The number of carbonyl (C=O) groups is 1. The van der Waals surface area contributed by atoms with Crippen molar-refractivity contribution in [2.45, 2.75) is 58.5 Å². The largest absolute Gasteiger partial charge is 0.465 e. The van der Waals surface area contributed by atoms with Crippen molar-refractivity contribution in [1.82, 2.24) is 4.90 Å². The number of unbranched alkanes of at least 4 members (excludes halogenated alkanes) is 2. The van der Waals surface area contributed by atoms with E-state index in [1.165, 1.54) is 25.7 Å². The first-order chi connectivity index (χ1) is 8.76. The lowest BCUT2D eigenvalue weighted by atomic mass is 10.1. The molecule has 0 aromatic carbocycles. The molecule has 1 atom stereocenters. The Balaban J connectivity index is 2.23. The highest BCUT2D eigenvalue weighted by atomic mass is 16.5. The lowest BCUT2D eigenvalue weighted by Crippen LogP contribution is -2.34. The summed E-state index contributed by atoms with van der Waals surface area (Å²) >= 11 is 0. The van der Waals surface area contributed by atoms with Gasteiger partial charge in [0.25, 0.3) is 0 Å². The summed E-state index contributed by atoms with van der Waals surface area (Å²) in [6.07, 6.45) is 6.13. The molecule has 0 radical (unpaired) electrons. The van der Waals surface area contributed by atoms with Gasteiger partial charge in [0.15, 0.2) is 0 Å². The number of hydrogen-bond donors (Lipinski definition) is 0. The van der Waals surface area contributed by atoms with Crippen LogP contribution < -0.4 is 0 Å². The third kappa shape index (κ3) is 6.36. The molecule has 0 bridgehead atoms. The first kappa shape index (κ1) is 15.4. The van der Waals surface area contributed by atoms with E-state index in [-0.39, 0.29) is 12.1 Å². The molecule has 1 aliphatic rings. The fourth-order valence-corrected chi connectivity index (χ4v) is 2.01. The number of esters is 1. The Kier molecular flexibility index (Phi) is 8.01. The van der Waals surface area contributed by atoms with E-state index in [0.29, 0.717) is 19.8 Å². The maximum absolute atomic E-state index is 11.1. The Morgan fingerprint density at radius 3 is 2.50 bits per heavy atom. The molecule has 1 heterocycles. The molecule has 1 aliphatic heterocycles. The van der Waals surface area contributed by atoms with Gasteiger partial charge in [-0.15, -0.1) is 0 Å². The van der Waals surface area contributed by atoms with Gasteiger partial charge in [0.05, 0.1) is 25.9 Å². The van der Waals surface area contributed by atoms with E-state index in [1.54, 1.807) is 0 Å². The van der Waals surface area contributed by atoms with Crippen LogP contribution in [0.25, 0.3) is 0 Å². The van der Waals surface area contributed by atoms with Gasteiger partial charge in [-0.1, -0.05) is 26.7 Å². The summed E-state index contributed by atoms with van der Waals surface area (Å²) in [6, 6.07) is 0. The van der Waals surface area contributed by atoms with E-state index < -0.39 is 0 Å². The van der Waals surface area contributed by atoms with Gasteiger partial charge >= 0.3 is 5.97 Å². The number of carbonyl (C=O) groups excluding carboxylic acids is 1. The predicted molar refractivity (Wildman–Crippen MR) is 71.3 cm³/mol. The fourth-order valence-electron chi connectivity index (χ4n) is 2.01. The topological polar surface area (TPSA) is 38.8 Å². The number of ether oxygens (including phenoxy) is 2. The van der Waals surface area contributed by atoms with Crippen LogP contribution in [0.5, 0.6) is 0 Å². The Bertz CT molecular complexity index is 225. The zero-order valence-electron chi connectivity index (χ0n) is 11.8. The monoisotopic (exact) mass is 257 g/mol. The minimum absolute atomic E-state index is 0.0528. The Morgan fingerprint density at radius 2 is 1.94 bits per heavy atom. The summed E-state index contributed by atoms with van der Waals surface area (Å²) < 4.78 is 10.7. The van der Waals surface area contributed by atoms with Gasteiger partial charge in [0.1, 0.15) is 0 Å². The third-order valence-electron chi connectivity index (χ3n) is 3.25. The molecule has 1 saturated heterocycles. The molecular weight excluding hydrogens is 230 g/mol. The molecular formula is C14H27NO3. The van der Waals surface area contributed by atoms with Crippen LogP contribution in [0.3, 0.4) is 0 Å². The second-order valence-electron chi connectivity index (χ2n) is 4.96. The lowest BCUT2D eigenvalue weighted by Gasteiger charge is -2.27. The molecule has 18 heavy (non-hydrogen) atoms. The first-order valence-corrected chi connectivity index (χ1v) is 7.25. The minimum atomic E-state index is -0.125. The van der Waals surface area contributed by atoms with Crippen molar-refractivity contribution >= 4 is 5.97 Å². The van der Waals surface area contributed by atoms with E-state index in [1.807, 2.05) is 0 Å². The van der Waals surface area contributed by atoms with Gasteiger partial charge in [0.2, 0.25) is 0 Å². The second kappa shape index (κ2) is 9.34. The van der Waals surface area contributed by atoms with E-state index in [2.05, 4.69) is 18.7 Å². The first-order valence-electron chi connectivity index (χ1n) is 7.25. The molecule has 1 fully saturated rings. The molecule has 4 heteroatoms. The molecule has 0 N–H and O–H groups in total. The summed E-state index contributed by atoms with van der Waals surface area (Å²) in [5, 5.41) is 0. The van der Waals surface area contributed by atoms with Crippen molar-refractivity contribution < 1.29 is 14.3 Å². The highest BCUT2D eigenvalue weighted by molar-refractivity contribution is 5.70. The maximum atomic E-state index is 11.1. The fraction of sp³-hybridized carbons (Fsp3) is 0.929. The van der Waals surface area contributed by atoms with Crippen LogP contribution in [0.15, 0.2) is 0 Å². The zero-order valence-corrected chi connectivity index (χ0v) is 11.8. The van der Waals surface area contributed by atoms with Crippen LogP contribution in [0.4, 0.5) is 0 Å². The minimum Gasteiger partial charge on any atom is -0.465 e. The van der Waals surface area contributed by atoms with Crippen LogP contribution in [-0.2, 0) is 14.3 Å². The van der Waals surface area contributed by atoms with Gasteiger partial charge in [-0.2, -0.15) is 0 Å². The van der Waals surface area contributed by atoms with Gasteiger partial charge in [0, 0.05) is 19.5 Å². The molecule has 0 aromatic rings. The SMILES string of the molecule is CCCCN(CCCC)COC1CCOC(=O)C1. The van der Waals surface area contributed by atoms with Crippen molar-refractivity contribution in [2.75, 3.05) is 26.4 Å². The smallest absolute Gasteiger partial charge is 0.308 e. The van der Waals surface area contributed by atoms with Gasteiger partial charge in [-0.3, -0.25) is 9.69 Å². The molecule has 0 aliphatic carbocycles. The molecule has 106 valence electrons. The lowest BCUT2D eigenvalue weighted by molar-refractivity contribution is -0.156. The van der Waals surface area contributed by atoms with Gasteiger partial charge in [-0.25, -0.2) is 0 Å². The highest BCUT2D eigenvalue weighted by Crippen LogP contribution is 2.12. The van der Waals surface area contributed by atoms with Crippen LogP contribution in [-0.4, -0.2) is 43.4 Å². The molecule has 0 amide bonds. The number of rotatable bonds is 9. The van der Waals surface area contributed by atoms with E-state index in [4.69, 9.17) is 9.47 Å².